The van der Waals surface area contributed by atoms with Gasteiger partial charge in [0.05, 0.1) is 0 Å². The van der Waals surface area contributed by atoms with Crippen molar-refractivity contribution in [3.05, 3.63) is 36.8 Å². The lowest BCUT2D eigenvalue weighted by molar-refractivity contribution is 0.370. The maximum atomic E-state index is 4.44. The smallest absolute Gasteiger partial charge is 0.158 e. The predicted octanol–water partition coefficient (Wildman–Crippen LogP) is 1.87. The van der Waals surface area contributed by atoms with Crippen LogP contribution in [0.15, 0.2) is 36.8 Å². The molecule has 1 saturated heterocycles. The summed E-state index contributed by atoms with van der Waals surface area (Å²) in [6, 6.07) is 6.50. The monoisotopic (exact) mass is 228 g/mol. The standard InChI is InChI=1S/C13H16N4/c1-2-6-15-12(3-1)13-16-9-10-17(13)11-4-7-14-8-5-11/h1-3,6,9-11,14H,4-5,7-8H2. The Balaban J connectivity index is 1.93. The van der Waals surface area contributed by atoms with Crippen molar-refractivity contribution in [1.82, 2.24) is 19.9 Å². The van der Waals surface area contributed by atoms with Crippen molar-refractivity contribution in [2.45, 2.75) is 18.9 Å². The first-order valence-electron chi connectivity index (χ1n) is 6.10. The molecule has 0 radical (unpaired) electrons. The van der Waals surface area contributed by atoms with Gasteiger partial charge in [-0.05, 0) is 38.1 Å². The van der Waals surface area contributed by atoms with Gasteiger partial charge in [0.2, 0.25) is 0 Å². The summed E-state index contributed by atoms with van der Waals surface area (Å²) in [5, 5.41) is 3.39. The molecule has 17 heavy (non-hydrogen) atoms. The maximum absolute atomic E-state index is 4.44. The molecule has 1 aliphatic heterocycles. The third-order valence-electron chi connectivity index (χ3n) is 3.26. The van der Waals surface area contributed by atoms with Crippen molar-refractivity contribution < 1.29 is 0 Å². The fourth-order valence-electron chi connectivity index (χ4n) is 2.39. The van der Waals surface area contributed by atoms with Crippen molar-refractivity contribution in [3.8, 4) is 11.5 Å². The lowest BCUT2D eigenvalue weighted by atomic mass is 10.1. The minimum Gasteiger partial charge on any atom is -0.327 e. The zero-order valence-corrected chi connectivity index (χ0v) is 9.71. The molecule has 0 aromatic carbocycles. The molecular weight excluding hydrogens is 212 g/mol. The third kappa shape index (κ3) is 2.08. The van der Waals surface area contributed by atoms with Gasteiger partial charge in [-0.3, -0.25) is 4.98 Å². The van der Waals surface area contributed by atoms with Crippen LogP contribution < -0.4 is 5.32 Å². The van der Waals surface area contributed by atoms with Gasteiger partial charge in [-0.1, -0.05) is 6.07 Å². The van der Waals surface area contributed by atoms with Crippen molar-refractivity contribution in [1.29, 1.82) is 0 Å². The minimum absolute atomic E-state index is 0.552. The summed E-state index contributed by atoms with van der Waals surface area (Å²) in [6.07, 6.45) is 8.08. The minimum atomic E-state index is 0.552. The van der Waals surface area contributed by atoms with Crippen LogP contribution in [0.5, 0.6) is 0 Å². The summed E-state index contributed by atoms with van der Waals surface area (Å²) >= 11 is 0. The molecule has 1 fully saturated rings. The molecule has 3 heterocycles. The van der Waals surface area contributed by atoms with Gasteiger partial charge in [-0.2, -0.15) is 0 Å². The molecule has 0 aliphatic carbocycles. The van der Waals surface area contributed by atoms with Crippen LogP contribution in [-0.4, -0.2) is 27.6 Å². The number of nitrogens with zero attached hydrogens (tertiary/aromatic N) is 3. The Kier molecular flexibility index (Phi) is 2.88. The highest BCUT2D eigenvalue weighted by molar-refractivity contribution is 5.49. The van der Waals surface area contributed by atoms with E-state index in [4.69, 9.17) is 0 Å². The Morgan fingerprint density at radius 2 is 2.00 bits per heavy atom. The first-order valence-corrected chi connectivity index (χ1v) is 6.10. The van der Waals surface area contributed by atoms with Gasteiger partial charge in [-0.15, -0.1) is 0 Å². The molecule has 1 aliphatic rings. The van der Waals surface area contributed by atoms with Gasteiger partial charge in [0.1, 0.15) is 5.69 Å². The number of rotatable bonds is 2. The topological polar surface area (TPSA) is 42.7 Å². The van der Waals surface area contributed by atoms with E-state index in [0.29, 0.717) is 6.04 Å². The molecule has 2 aromatic rings. The van der Waals surface area contributed by atoms with E-state index in [1.165, 1.54) is 0 Å². The fraction of sp³-hybridized carbons (Fsp3) is 0.385. The molecule has 4 heteroatoms. The molecule has 3 rings (SSSR count). The van der Waals surface area contributed by atoms with Crippen LogP contribution in [0.4, 0.5) is 0 Å². The van der Waals surface area contributed by atoms with Crippen molar-refractivity contribution in [2.75, 3.05) is 13.1 Å². The maximum Gasteiger partial charge on any atom is 0.158 e. The number of hydrogen-bond donors (Lipinski definition) is 1. The predicted molar refractivity (Wildman–Crippen MR) is 66.6 cm³/mol. The summed E-state index contributed by atoms with van der Waals surface area (Å²) in [6.45, 7) is 2.18. The lowest BCUT2D eigenvalue weighted by Crippen LogP contribution is -2.29. The average molecular weight is 228 g/mol. The van der Waals surface area contributed by atoms with E-state index >= 15 is 0 Å². The highest BCUT2D eigenvalue weighted by Gasteiger charge is 2.18. The second-order valence-electron chi connectivity index (χ2n) is 4.35. The molecule has 0 unspecified atom stereocenters. The summed E-state index contributed by atoms with van der Waals surface area (Å²) in [7, 11) is 0. The van der Waals surface area contributed by atoms with E-state index in [1.54, 1.807) is 0 Å². The number of aromatic nitrogens is 3. The second kappa shape index (κ2) is 4.67. The van der Waals surface area contributed by atoms with E-state index in [2.05, 4.69) is 26.0 Å². The molecule has 0 atom stereocenters. The van der Waals surface area contributed by atoms with E-state index in [9.17, 15) is 0 Å². The molecule has 4 nitrogen and oxygen atoms in total. The summed E-state index contributed by atoms with van der Waals surface area (Å²) < 4.78 is 2.27. The molecule has 0 amide bonds. The van der Waals surface area contributed by atoms with Gasteiger partial charge in [-0.25, -0.2) is 4.98 Å². The Hall–Kier alpha value is -1.68. The average Bonchev–Trinajstić information content (AvgIpc) is 2.90. The van der Waals surface area contributed by atoms with E-state index in [0.717, 1.165) is 37.4 Å². The van der Waals surface area contributed by atoms with Crippen molar-refractivity contribution >= 4 is 0 Å². The van der Waals surface area contributed by atoms with Gasteiger partial charge >= 0.3 is 0 Å². The molecule has 1 N–H and O–H groups in total. The third-order valence-corrected chi connectivity index (χ3v) is 3.26. The second-order valence-corrected chi connectivity index (χ2v) is 4.35. The van der Waals surface area contributed by atoms with E-state index in [1.807, 2.05) is 30.6 Å². The van der Waals surface area contributed by atoms with Crippen molar-refractivity contribution in [3.63, 3.8) is 0 Å². The molecule has 0 saturated carbocycles. The van der Waals surface area contributed by atoms with Crippen LogP contribution in [0.1, 0.15) is 18.9 Å². The highest BCUT2D eigenvalue weighted by atomic mass is 15.1. The summed E-state index contributed by atoms with van der Waals surface area (Å²) in [5.74, 6) is 0.984. The van der Waals surface area contributed by atoms with Crippen LogP contribution in [0.3, 0.4) is 0 Å². The number of piperidine rings is 1. The van der Waals surface area contributed by atoms with Crippen LogP contribution >= 0.6 is 0 Å². The van der Waals surface area contributed by atoms with Crippen LogP contribution in [0, 0.1) is 0 Å². The normalized spacial score (nSPS) is 17.2. The highest BCUT2D eigenvalue weighted by Crippen LogP contribution is 2.24. The Morgan fingerprint density at radius 1 is 1.12 bits per heavy atom. The Morgan fingerprint density at radius 3 is 2.76 bits per heavy atom. The molecule has 0 spiro atoms. The number of nitrogens with one attached hydrogen (secondary N) is 1. The number of hydrogen-bond acceptors (Lipinski definition) is 3. The quantitative estimate of drug-likeness (QED) is 0.853. The Labute approximate surface area is 101 Å². The van der Waals surface area contributed by atoms with Crippen molar-refractivity contribution in [2.24, 2.45) is 0 Å². The SMILES string of the molecule is c1ccc(-c2nccn2C2CCNCC2)nc1. The largest absolute Gasteiger partial charge is 0.327 e. The fourth-order valence-corrected chi connectivity index (χ4v) is 2.39. The first kappa shape index (κ1) is 10.5. The van der Waals surface area contributed by atoms with E-state index < -0.39 is 0 Å². The number of imidazole rings is 1. The van der Waals surface area contributed by atoms with Gasteiger partial charge in [0.15, 0.2) is 5.82 Å². The van der Waals surface area contributed by atoms with Gasteiger partial charge < -0.3 is 9.88 Å². The summed E-state index contributed by atoms with van der Waals surface area (Å²) in [4.78, 5) is 8.82. The van der Waals surface area contributed by atoms with Crippen LogP contribution in [0.25, 0.3) is 11.5 Å². The Bertz CT molecular complexity index is 471. The van der Waals surface area contributed by atoms with E-state index in [-0.39, 0.29) is 0 Å². The zero-order valence-electron chi connectivity index (χ0n) is 9.71. The summed E-state index contributed by atoms with van der Waals surface area (Å²) in [5.41, 5.74) is 0.955. The van der Waals surface area contributed by atoms with Crippen LogP contribution in [-0.2, 0) is 0 Å². The molecular formula is C13H16N4. The van der Waals surface area contributed by atoms with Gasteiger partial charge in [0.25, 0.3) is 0 Å². The molecule has 0 bridgehead atoms. The van der Waals surface area contributed by atoms with Crippen LogP contribution in [0.2, 0.25) is 0 Å². The molecule has 2 aromatic heterocycles. The zero-order chi connectivity index (χ0) is 11.5. The lowest BCUT2D eigenvalue weighted by Gasteiger charge is -2.25. The number of pyridine rings is 1. The first-order chi connectivity index (χ1) is 8.45. The molecule has 88 valence electrons. The van der Waals surface area contributed by atoms with Gasteiger partial charge in [0, 0.05) is 24.6 Å².